The van der Waals surface area contributed by atoms with E-state index >= 15 is 0 Å². The highest BCUT2D eigenvalue weighted by atomic mass is 16.5. The third-order valence-corrected chi connectivity index (χ3v) is 4.82. The molecule has 3 unspecified atom stereocenters. The van der Waals surface area contributed by atoms with Crippen molar-refractivity contribution in [3.63, 3.8) is 0 Å². The Hall–Kier alpha value is -0.120. The maximum Gasteiger partial charge on any atom is 0.0738 e. The number of rotatable bonds is 2. The third-order valence-electron chi connectivity index (χ3n) is 4.82. The van der Waals surface area contributed by atoms with E-state index in [9.17, 15) is 5.11 Å². The third kappa shape index (κ3) is 2.01. The molecule has 1 saturated carbocycles. The summed E-state index contributed by atoms with van der Waals surface area (Å²) in [5.41, 5.74) is 5.18. The maximum absolute atomic E-state index is 11.0. The lowest BCUT2D eigenvalue weighted by atomic mass is 9.67. The van der Waals surface area contributed by atoms with Crippen molar-refractivity contribution >= 4 is 0 Å². The summed E-state index contributed by atoms with van der Waals surface area (Å²) >= 11 is 0. The predicted octanol–water partition coefficient (Wildman–Crippen LogP) is 1.68. The molecule has 2 aliphatic rings. The van der Waals surface area contributed by atoms with Gasteiger partial charge in [-0.05, 0) is 31.6 Å². The predicted molar refractivity (Wildman–Crippen MR) is 64.1 cm³/mol. The van der Waals surface area contributed by atoms with Crippen LogP contribution in [0.1, 0.15) is 45.4 Å². The van der Waals surface area contributed by atoms with Crippen molar-refractivity contribution in [3.8, 4) is 0 Å². The smallest absolute Gasteiger partial charge is 0.0738 e. The minimum absolute atomic E-state index is 0.170. The number of ether oxygens (including phenoxy) is 1. The van der Waals surface area contributed by atoms with Crippen LogP contribution in [0.5, 0.6) is 0 Å². The average molecular weight is 227 g/mol. The van der Waals surface area contributed by atoms with Gasteiger partial charge in [-0.2, -0.15) is 0 Å². The Balaban J connectivity index is 2.15. The molecule has 3 nitrogen and oxygen atoms in total. The first kappa shape index (κ1) is 12.3. The lowest BCUT2D eigenvalue weighted by molar-refractivity contribution is -0.0938. The molecular weight excluding hydrogens is 202 g/mol. The molecular formula is C13H25NO2. The molecule has 2 fully saturated rings. The highest BCUT2D eigenvalue weighted by Crippen LogP contribution is 2.46. The van der Waals surface area contributed by atoms with Gasteiger partial charge in [-0.15, -0.1) is 0 Å². The Bertz CT molecular complexity index is 238. The van der Waals surface area contributed by atoms with E-state index in [4.69, 9.17) is 10.5 Å². The molecule has 94 valence electrons. The van der Waals surface area contributed by atoms with Crippen molar-refractivity contribution in [2.45, 2.75) is 51.0 Å². The summed E-state index contributed by atoms with van der Waals surface area (Å²) in [5, 5.41) is 11.0. The molecule has 2 rings (SSSR count). The molecule has 0 amide bonds. The molecule has 0 bridgehead atoms. The van der Waals surface area contributed by atoms with Gasteiger partial charge in [0.15, 0.2) is 0 Å². The number of hydrogen-bond donors (Lipinski definition) is 2. The molecule has 3 heteroatoms. The summed E-state index contributed by atoms with van der Waals surface area (Å²) in [4.78, 5) is 0. The summed E-state index contributed by atoms with van der Waals surface area (Å²) in [6.07, 6.45) is 6.21. The quantitative estimate of drug-likeness (QED) is 0.706. The molecule has 0 radical (unpaired) electrons. The minimum Gasteiger partial charge on any atom is -0.389 e. The Morgan fingerprint density at radius 2 is 2.12 bits per heavy atom. The van der Waals surface area contributed by atoms with Crippen LogP contribution in [-0.4, -0.2) is 30.5 Å². The lowest BCUT2D eigenvalue weighted by Gasteiger charge is -2.43. The van der Waals surface area contributed by atoms with E-state index < -0.39 is 5.60 Å². The molecule has 1 aliphatic carbocycles. The molecule has 0 aromatic carbocycles. The van der Waals surface area contributed by atoms with Gasteiger partial charge in [0.25, 0.3) is 0 Å². The number of hydrogen-bond acceptors (Lipinski definition) is 3. The van der Waals surface area contributed by atoms with Gasteiger partial charge in [-0.25, -0.2) is 0 Å². The molecule has 1 heterocycles. The van der Waals surface area contributed by atoms with Gasteiger partial charge in [0.2, 0.25) is 0 Å². The molecule has 1 saturated heterocycles. The van der Waals surface area contributed by atoms with Crippen LogP contribution in [0.15, 0.2) is 0 Å². The van der Waals surface area contributed by atoms with Gasteiger partial charge in [0.1, 0.15) is 0 Å². The van der Waals surface area contributed by atoms with Gasteiger partial charge in [-0.1, -0.05) is 19.8 Å². The van der Waals surface area contributed by atoms with E-state index in [1.807, 2.05) is 0 Å². The van der Waals surface area contributed by atoms with E-state index in [1.54, 1.807) is 0 Å². The van der Waals surface area contributed by atoms with Crippen LogP contribution in [0.4, 0.5) is 0 Å². The Morgan fingerprint density at radius 1 is 1.31 bits per heavy atom. The van der Waals surface area contributed by atoms with Gasteiger partial charge in [0.05, 0.1) is 12.2 Å². The van der Waals surface area contributed by atoms with E-state index in [1.165, 1.54) is 6.42 Å². The highest BCUT2D eigenvalue weighted by molar-refractivity contribution is 5.02. The Labute approximate surface area is 98.4 Å². The van der Waals surface area contributed by atoms with Gasteiger partial charge in [0, 0.05) is 18.6 Å². The second-order valence-corrected chi connectivity index (χ2v) is 5.85. The van der Waals surface area contributed by atoms with Crippen molar-refractivity contribution in [1.82, 2.24) is 0 Å². The fraction of sp³-hybridized carbons (Fsp3) is 1.00. The first-order chi connectivity index (χ1) is 7.62. The second kappa shape index (κ2) is 4.63. The van der Waals surface area contributed by atoms with Gasteiger partial charge in [-0.3, -0.25) is 0 Å². The zero-order valence-electron chi connectivity index (χ0n) is 10.4. The Morgan fingerprint density at radius 3 is 2.75 bits per heavy atom. The van der Waals surface area contributed by atoms with E-state index in [2.05, 4.69) is 6.92 Å². The molecule has 0 aromatic rings. The van der Waals surface area contributed by atoms with Crippen LogP contribution in [-0.2, 0) is 4.74 Å². The van der Waals surface area contributed by atoms with Crippen molar-refractivity contribution in [2.75, 3.05) is 19.8 Å². The van der Waals surface area contributed by atoms with Crippen molar-refractivity contribution in [2.24, 2.45) is 17.1 Å². The van der Waals surface area contributed by atoms with E-state index in [0.29, 0.717) is 13.2 Å². The SMILES string of the molecule is CC1CCCC(O)(C2(CN)CCOC2)CC1. The summed E-state index contributed by atoms with van der Waals surface area (Å²) in [6.45, 7) is 4.24. The van der Waals surface area contributed by atoms with Gasteiger partial charge >= 0.3 is 0 Å². The lowest BCUT2D eigenvalue weighted by Crippen LogP contribution is -2.53. The summed E-state index contributed by atoms with van der Waals surface area (Å²) in [7, 11) is 0. The van der Waals surface area contributed by atoms with Crippen LogP contribution in [0.3, 0.4) is 0 Å². The standard InChI is InChI=1S/C13H25NO2/c1-11-3-2-5-13(15,6-4-11)12(9-14)7-8-16-10-12/h11,15H,2-10,14H2,1H3. The molecule has 3 atom stereocenters. The van der Waals surface area contributed by atoms with Crippen LogP contribution in [0, 0.1) is 11.3 Å². The maximum atomic E-state index is 11.0. The Kier molecular flexibility index (Phi) is 3.57. The molecule has 0 aromatic heterocycles. The first-order valence-electron chi connectivity index (χ1n) is 6.62. The van der Waals surface area contributed by atoms with Crippen molar-refractivity contribution in [3.05, 3.63) is 0 Å². The van der Waals surface area contributed by atoms with E-state index in [0.717, 1.165) is 44.6 Å². The zero-order valence-corrected chi connectivity index (χ0v) is 10.4. The van der Waals surface area contributed by atoms with Crippen molar-refractivity contribution < 1.29 is 9.84 Å². The van der Waals surface area contributed by atoms with Crippen LogP contribution < -0.4 is 5.73 Å². The first-order valence-corrected chi connectivity index (χ1v) is 6.62. The summed E-state index contributed by atoms with van der Waals surface area (Å²) in [6, 6.07) is 0. The molecule has 1 aliphatic heterocycles. The van der Waals surface area contributed by atoms with E-state index in [-0.39, 0.29) is 5.41 Å². The average Bonchev–Trinajstić information content (AvgIpc) is 2.70. The monoisotopic (exact) mass is 227 g/mol. The number of aliphatic hydroxyl groups is 1. The van der Waals surface area contributed by atoms with Crippen LogP contribution in [0.25, 0.3) is 0 Å². The van der Waals surface area contributed by atoms with Crippen molar-refractivity contribution in [1.29, 1.82) is 0 Å². The zero-order chi connectivity index (χ0) is 11.6. The minimum atomic E-state index is -0.580. The fourth-order valence-corrected chi connectivity index (χ4v) is 3.35. The molecule has 16 heavy (non-hydrogen) atoms. The summed E-state index contributed by atoms with van der Waals surface area (Å²) in [5.74, 6) is 0.742. The topological polar surface area (TPSA) is 55.5 Å². The fourth-order valence-electron chi connectivity index (χ4n) is 3.35. The highest BCUT2D eigenvalue weighted by Gasteiger charge is 2.51. The van der Waals surface area contributed by atoms with Gasteiger partial charge < -0.3 is 15.6 Å². The van der Waals surface area contributed by atoms with Crippen LogP contribution >= 0.6 is 0 Å². The molecule has 3 N–H and O–H groups in total. The van der Waals surface area contributed by atoms with Crippen LogP contribution in [0.2, 0.25) is 0 Å². The largest absolute Gasteiger partial charge is 0.389 e. The number of nitrogens with two attached hydrogens (primary N) is 1. The molecule has 0 spiro atoms. The normalized spacial score (nSPS) is 45.6. The summed E-state index contributed by atoms with van der Waals surface area (Å²) < 4.78 is 5.50. The second-order valence-electron chi connectivity index (χ2n) is 5.85.